The highest BCUT2D eigenvalue weighted by Gasteiger charge is 2.40. The molecule has 8 heteroatoms. The first kappa shape index (κ1) is 22.8. The molecule has 0 aromatic heterocycles. The van der Waals surface area contributed by atoms with Gasteiger partial charge >= 0.3 is 5.97 Å². The molecule has 0 spiro atoms. The number of benzene rings is 1. The number of carbonyl (C=O) groups excluding carboxylic acids is 4. The summed E-state index contributed by atoms with van der Waals surface area (Å²) >= 11 is 0. The molecule has 3 rings (SSSR count). The van der Waals surface area contributed by atoms with Crippen LogP contribution in [0.1, 0.15) is 46.0 Å². The fourth-order valence-electron chi connectivity index (χ4n) is 4.72. The van der Waals surface area contributed by atoms with Gasteiger partial charge in [0.05, 0.1) is 6.54 Å². The number of amides is 3. The highest BCUT2D eigenvalue weighted by atomic mass is 16.5. The Morgan fingerprint density at radius 2 is 1.71 bits per heavy atom. The summed E-state index contributed by atoms with van der Waals surface area (Å²) in [4.78, 5) is 49.3. The Bertz CT molecular complexity index is 823. The van der Waals surface area contributed by atoms with E-state index in [4.69, 9.17) is 4.74 Å². The predicted octanol–water partition coefficient (Wildman–Crippen LogP) is 2.80. The molecule has 2 aliphatic carbocycles. The lowest BCUT2D eigenvalue weighted by Crippen LogP contribution is -2.40. The summed E-state index contributed by atoms with van der Waals surface area (Å²) in [5.41, 5.74) is 1.18. The molecule has 3 atom stereocenters. The maximum Gasteiger partial charge on any atom is 0.306 e. The third-order valence-electron chi connectivity index (χ3n) is 6.23. The molecule has 1 aromatic carbocycles. The highest BCUT2D eigenvalue weighted by molar-refractivity contribution is 5.95. The minimum Gasteiger partial charge on any atom is -0.456 e. The number of esters is 1. The number of ether oxygens (including phenoxy) is 1. The molecule has 2 aliphatic rings. The zero-order valence-electron chi connectivity index (χ0n) is 18.2. The van der Waals surface area contributed by atoms with E-state index in [1.807, 2.05) is 0 Å². The average molecular weight is 430 g/mol. The molecule has 0 saturated heterocycles. The van der Waals surface area contributed by atoms with Gasteiger partial charge < -0.3 is 20.3 Å². The molecule has 0 heterocycles. The normalized spacial score (nSPS) is 21.4. The molecular weight excluding hydrogens is 398 g/mol. The molecule has 8 nitrogen and oxygen atoms in total. The standard InChI is InChI=1S/C23H31N3O5/c1-3-26(13-21(28)25-20-8-6-19(7-9-20)24-15(2)27)22(29)14-31-23(30)12-18-11-16-4-5-17(18)10-16/h6-9,16-18H,3-5,10-14H2,1-2H3,(H,24,27)(H,25,28)/t16-,17+,18+/m0/s1. The second-order valence-corrected chi connectivity index (χ2v) is 8.51. The van der Waals surface area contributed by atoms with Crippen LogP contribution in [0.25, 0.3) is 0 Å². The van der Waals surface area contributed by atoms with Crippen LogP contribution in [0.15, 0.2) is 24.3 Å². The average Bonchev–Trinajstić information content (AvgIpc) is 3.34. The van der Waals surface area contributed by atoms with Crippen LogP contribution in [0.2, 0.25) is 0 Å². The van der Waals surface area contributed by atoms with E-state index in [9.17, 15) is 19.2 Å². The summed E-state index contributed by atoms with van der Waals surface area (Å²) in [7, 11) is 0. The third kappa shape index (κ3) is 6.54. The molecule has 3 amide bonds. The van der Waals surface area contributed by atoms with E-state index in [1.165, 1.54) is 31.1 Å². The van der Waals surface area contributed by atoms with Crippen molar-refractivity contribution in [3.63, 3.8) is 0 Å². The van der Waals surface area contributed by atoms with Gasteiger partial charge in [-0.05, 0) is 68.2 Å². The predicted molar refractivity (Wildman–Crippen MR) is 116 cm³/mol. The van der Waals surface area contributed by atoms with Crippen molar-refractivity contribution in [3.8, 4) is 0 Å². The van der Waals surface area contributed by atoms with Gasteiger partial charge in [0.25, 0.3) is 5.91 Å². The molecule has 2 N–H and O–H groups in total. The van der Waals surface area contributed by atoms with E-state index in [-0.39, 0.29) is 36.8 Å². The Labute approximate surface area is 182 Å². The van der Waals surface area contributed by atoms with E-state index in [0.29, 0.717) is 36.2 Å². The van der Waals surface area contributed by atoms with Crippen molar-refractivity contribution in [2.75, 3.05) is 30.3 Å². The number of hydrogen-bond donors (Lipinski definition) is 2. The molecule has 0 aliphatic heterocycles. The Morgan fingerprint density at radius 3 is 2.26 bits per heavy atom. The molecular formula is C23H31N3O5. The zero-order valence-corrected chi connectivity index (χ0v) is 18.2. The smallest absolute Gasteiger partial charge is 0.306 e. The number of likely N-dealkylation sites (N-methyl/N-ethyl adjacent to an activating group) is 1. The van der Waals surface area contributed by atoms with Gasteiger partial charge in [-0.3, -0.25) is 19.2 Å². The Balaban J connectivity index is 1.40. The van der Waals surface area contributed by atoms with Crippen molar-refractivity contribution in [2.45, 2.75) is 46.0 Å². The van der Waals surface area contributed by atoms with Crippen molar-refractivity contribution < 1.29 is 23.9 Å². The summed E-state index contributed by atoms with van der Waals surface area (Å²) in [6.07, 6.45) is 5.19. The maximum atomic E-state index is 12.4. The van der Waals surface area contributed by atoms with Crippen LogP contribution in [0.4, 0.5) is 11.4 Å². The summed E-state index contributed by atoms with van der Waals surface area (Å²) in [6, 6.07) is 6.68. The first-order valence-corrected chi connectivity index (χ1v) is 10.9. The van der Waals surface area contributed by atoms with Gasteiger partial charge in [-0.2, -0.15) is 0 Å². The van der Waals surface area contributed by atoms with Gasteiger partial charge in [-0.25, -0.2) is 0 Å². The van der Waals surface area contributed by atoms with E-state index in [0.717, 1.165) is 12.3 Å². The summed E-state index contributed by atoms with van der Waals surface area (Å²) < 4.78 is 5.20. The first-order valence-electron chi connectivity index (χ1n) is 10.9. The summed E-state index contributed by atoms with van der Waals surface area (Å²) in [5.74, 6) is 0.550. The van der Waals surface area contributed by atoms with Gasteiger partial charge in [0.1, 0.15) is 0 Å². The van der Waals surface area contributed by atoms with Crippen molar-refractivity contribution in [1.29, 1.82) is 0 Å². The van der Waals surface area contributed by atoms with Crippen LogP contribution in [-0.4, -0.2) is 48.3 Å². The van der Waals surface area contributed by atoms with Gasteiger partial charge in [-0.15, -0.1) is 0 Å². The maximum absolute atomic E-state index is 12.4. The fraction of sp³-hybridized carbons (Fsp3) is 0.565. The lowest BCUT2D eigenvalue weighted by atomic mass is 9.86. The minimum atomic E-state index is -0.389. The molecule has 2 saturated carbocycles. The van der Waals surface area contributed by atoms with Crippen molar-refractivity contribution in [1.82, 2.24) is 4.90 Å². The number of fused-ring (bicyclic) bond motifs is 2. The molecule has 31 heavy (non-hydrogen) atoms. The van der Waals surface area contributed by atoms with Crippen LogP contribution in [0, 0.1) is 17.8 Å². The number of carbonyl (C=O) groups is 4. The van der Waals surface area contributed by atoms with Crippen molar-refractivity contribution in [3.05, 3.63) is 24.3 Å². The third-order valence-corrected chi connectivity index (χ3v) is 6.23. The van der Waals surface area contributed by atoms with Crippen molar-refractivity contribution in [2.24, 2.45) is 17.8 Å². The van der Waals surface area contributed by atoms with Gasteiger partial charge in [0.2, 0.25) is 11.8 Å². The van der Waals surface area contributed by atoms with E-state index < -0.39 is 0 Å². The van der Waals surface area contributed by atoms with Crippen LogP contribution in [0.5, 0.6) is 0 Å². The first-order chi connectivity index (χ1) is 14.8. The fourth-order valence-corrected chi connectivity index (χ4v) is 4.72. The van der Waals surface area contributed by atoms with Gasteiger partial charge in [0.15, 0.2) is 6.61 Å². The monoisotopic (exact) mass is 429 g/mol. The zero-order chi connectivity index (χ0) is 22.4. The van der Waals surface area contributed by atoms with Crippen LogP contribution in [0.3, 0.4) is 0 Å². The second kappa shape index (κ2) is 10.4. The SMILES string of the molecule is CCN(CC(=O)Nc1ccc(NC(C)=O)cc1)C(=O)COC(=O)C[C@H]1C[C@H]2CC[C@@H]1C2. The molecule has 0 unspecified atom stereocenters. The van der Waals surface area contributed by atoms with Crippen LogP contribution < -0.4 is 10.6 Å². The van der Waals surface area contributed by atoms with Gasteiger partial charge in [0, 0.05) is 31.3 Å². The van der Waals surface area contributed by atoms with Crippen LogP contribution in [-0.2, 0) is 23.9 Å². The molecule has 2 fully saturated rings. The molecule has 2 bridgehead atoms. The number of nitrogens with zero attached hydrogens (tertiary/aromatic N) is 1. The number of hydrogen-bond acceptors (Lipinski definition) is 5. The Morgan fingerprint density at radius 1 is 1.03 bits per heavy atom. The van der Waals surface area contributed by atoms with E-state index in [1.54, 1.807) is 31.2 Å². The Kier molecular flexibility index (Phi) is 7.65. The minimum absolute atomic E-state index is 0.132. The second-order valence-electron chi connectivity index (χ2n) is 8.51. The lowest BCUT2D eigenvalue weighted by molar-refractivity contribution is -0.153. The highest BCUT2D eigenvalue weighted by Crippen LogP contribution is 2.49. The Hall–Kier alpha value is -2.90. The van der Waals surface area contributed by atoms with Crippen molar-refractivity contribution >= 4 is 35.1 Å². The molecule has 0 radical (unpaired) electrons. The van der Waals surface area contributed by atoms with Gasteiger partial charge in [-0.1, -0.05) is 6.42 Å². The van der Waals surface area contributed by atoms with E-state index >= 15 is 0 Å². The number of nitrogens with one attached hydrogen (secondary N) is 2. The number of rotatable bonds is 9. The molecule has 1 aromatic rings. The quantitative estimate of drug-likeness (QED) is 0.588. The van der Waals surface area contributed by atoms with E-state index in [2.05, 4.69) is 10.6 Å². The summed E-state index contributed by atoms with van der Waals surface area (Å²) in [5, 5.41) is 5.37. The lowest BCUT2D eigenvalue weighted by Gasteiger charge is -2.22. The van der Waals surface area contributed by atoms with Crippen LogP contribution >= 0.6 is 0 Å². The number of anilines is 2. The molecule has 168 valence electrons. The summed E-state index contributed by atoms with van der Waals surface area (Å²) in [6.45, 7) is 3.04. The largest absolute Gasteiger partial charge is 0.456 e. The topological polar surface area (TPSA) is 105 Å².